The van der Waals surface area contributed by atoms with Gasteiger partial charge in [0.05, 0.1) is 13.2 Å². The van der Waals surface area contributed by atoms with Crippen molar-refractivity contribution in [3.05, 3.63) is 23.8 Å². The van der Waals surface area contributed by atoms with Crippen LogP contribution in [0.3, 0.4) is 0 Å². The molecule has 1 aromatic carbocycles. The number of hydrogen-bond acceptors (Lipinski definition) is 5. The Kier molecular flexibility index (Phi) is 9.82. The molecule has 1 saturated carbocycles. The minimum absolute atomic E-state index is 0.444. The summed E-state index contributed by atoms with van der Waals surface area (Å²) in [6.45, 7) is 9.38. The van der Waals surface area contributed by atoms with Crippen molar-refractivity contribution in [3.8, 4) is 11.5 Å². The van der Waals surface area contributed by atoms with Crippen LogP contribution in [0.15, 0.2) is 18.2 Å². The highest BCUT2D eigenvalue weighted by Gasteiger charge is 2.17. The summed E-state index contributed by atoms with van der Waals surface area (Å²) in [6.07, 6.45) is 6.09. The second-order valence-electron chi connectivity index (χ2n) is 7.19. The number of ether oxygens (including phenoxy) is 2. The Morgan fingerprint density at radius 1 is 0.923 bits per heavy atom. The van der Waals surface area contributed by atoms with Crippen LogP contribution in [0.2, 0.25) is 0 Å². The lowest BCUT2D eigenvalue weighted by Gasteiger charge is -2.26. The first-order valence-corrected chi connectivity index (χ1v) is 10.3. The highest BCUT2D eigenvalue weighted by atomic mass is 16.5. The van der Waals surface area contributed by atoms with Crippen molar-refractivity contribution in [2.24, 2.45) is 11.7 Å². The molecule has 0 heterocycles. The third kappa shape index (κ3) is 7.94. The lowest BCUT2D eigenvalue weighted by atomic mass is 9.86. The van der Waals surface area contributed by atoms with Crippen molar-refractivity contribution < 1.29 is 9.47 Å². The summed E-state index contributed by atoms with van der Waals surface area (Å²) in [5, 5.41) is 7.12. The Bertz CT molecular complexity index is 478. The Hall–Kier alpha value is -1.30. The van der Waals surface area contributed by atoms with Crippen LogP contribution in [0, 0.1) is 5.92 Å². The van der Waals surface area contributed by atoms with Crippen LogP contribution >= 0.6 is 0 Å². The van der Waals surface area contributed by atoms with E-state index in [2.05, 4.69) is 22.8 Å². The maximum Gasteiger partial charge on any atom is 0.123 e. The van der Waals surface area contributed by atoms with Crippen molar-refractivity contribution >= 4 is 0 Å². The van der Waals surface area contributed by atoms with Crippen molar-refractivity contribution in [1.29, 1.82) is 0 Å². The van der Waals surface area contributed by atoms with E-state index in [1.54, 1.807) is 0 Å². The first kappa shape index (κ1) is 21.0. The smallest absolute Gasteiger partial charge is 0.123 e. The third-order valence-corrected chi connectivity index (χ3v) is 4.92. The summed E-state index contributed by atoms with van der Waals surface area (Å²) in [6, 6.07) is 6.58. The highest BCUT2D eigenvalue weighted by molar-refractivity contribution is 5.38. The zero-order chi connectivity index (χ0) is 18.6. The molecular weight excluding hydrogens is 326 g/mol. The van der Waals surface area contributed by atoms with Gasteiger partial charge in [-0.1, -0.05) is 0 Å². The molecule has 0 amide bonds. The summed E-state index contributed by atoms with van der Waals surface area (Å²) >= 11 is 0. The molecule has 0 atom stereocenters. The number of hydrogen-bond donors (Lipinski definition) is 3. The minimum atomic E-state index is 0.444. The number of rotatable bonds is 12. The van der Waals surface area contributed by atoms with E-state index in [4.69, 9.17) is 15.2 Å². The number of benzene rings is 1. The van der Waals surface area contributed by atoms with Crippen molar-refractivity contribution in [3.63, 3.8) is 0 Å². The average molecular weight is 364 g/mol. The summed E-state index contributed by atoms with van der Waals surface area (Å²) in [4.78, 5) is 0. The SMILES string of the molecule is CCOc1cc(CNCCCNCC2CCC(N)CC2)cc(OCC)c1. The molecule has 148 valence electrons. The minimum Gasteiger partial charge on any atom is -0.494 e. The molecule has 0 unspecified atom stereocenters. The number of nitrogens with two attached hydrogens (primary N) is 1. The van der Waals surface area contributed by atoms with E-state index in [0.29, 0.717) is 19.3 Å². The predicted octanol–water partition coefficient (Wildman–Crippen LogP) is 3.07. The van der Waals surface area contributed by atoms with Gasteiger partial charge in [-0.25, -0.2) is 0 Å². The standard InChI is InChI=1S/C21H37N3O2/c1-3-25-20-12-18(13-21(14-20)26-4-2)16-24-11-5-10-23-15-17-6-8-19(22)9-7-17/h12-14,17,19,23-24H,3-11,15-16,22H2,1-2H3. The normalized spacial score (nSPS) is 20.1. The monoisotopic (exact) mass is 363 g/mol. The zero-order valence-electron chi connectivity index (χ0n) is 16.6. The summed E-state index contributed by atoms with van der Waals surface area (Å²) in [5.41, 5.74) is 7.16. The molecule has 26 heavy (non-hydrogen) atoms. The van der Waals surface area contributed by atoms with Crippen LogP contribution in [0.5, 0.6) is 11.5 Å². The molecule has 1 aliphatic carbocycles. The van der Waals surface area contributed by atoms with Gasteiger partial charge in [0.25, 0.3) is 0 Å². The van der Waals surface area contributed by atoms with Crippen molar-refractivity contribution in [2.45, 2.75) is 58.5 Å². The first-order valence-electron chi connectivity index (χ1n) is 10.3. The van der Waals surface area contributed by atoms with Crippen LogP contribution in [-0.4, -0.2) is 38.9 Å². The fourth-order valence-corrected chi connectivity index (χ4v) is 3.50. The van der Waals surface area contributed by atoms with Gasteiger partial charge in [0.15, 0.2) is 0 Å². The lowest BCUT2D eigenvalue weighted by Crippen LogP contribution is -2.32. The van der Waals surface area contributed by atoms with Gasteiger partial charge in [0, 0.05) is 18.7 Å². The van der Waals surface area contributed by atoms with E-state index in [-0.39, 0.29) is 0 Å². The zero-order valence-corrected chi connectivity index (χ0v) is 16.6. The van der Waals surface area contributed by atoms with Gasteiger partial charge < -0.3 is 25.8 Å². The van der Waals surface area contributed by atoms with Crippen LogP contribution in [0.25, 0.3) is 0 Å². The second kappa shape index (κ2) is 12.2. The van der Waals surface area contributed by atoms with Gasteiger partial charge in [0.2, 0.25) is 0 Å². The van der Waals surface area contributed by atoms with Gasteiger partial charge in [-0.2, -0.15) is 0 Å². The maximum absolute atomic E-state index is 5.96. The molecule has 5 heteroatoms. The van der Waals surface area contributed by atoms with Gasteiger partial charge in [-0.05, 0) is 89.2 Å². The van der Waals surface area contributed by atoms with Crippen molar-refractivity contribution in [2.75, 3.05) is 32.8 Å². The Morgan fingerprint density at radius 3 is 2.15 bits per heavy atom. The quantitative estimate of drug-likeness (QED) is 0.498. The predicted molar refractivity (Wildman–Crippen MR) is 108 cm³/mol. The van der Waals surface area contributed by atoms with E-state index in [1.807, 2.05) is 19.9 Å². The Balaban J connectivity index is 1.60. The van der Waals surface area contributed by atoms with E-state index in [9.17, 15) is 0 Å². The summed E-state index contributed by atoms with van der Waals surface area (Å²) < 4.78 is 11.3. The molecule has 0 aliphatic heterocycles. The van der Waals surface area contributed by atoms with Gasteiger partial charge in [-0.15, -0.1) is 0 Å². The second-order valence-corrected chi connectivity index (χ2v) is 7.19. The Labute approximate surface area is 159 Å². The van der Waals surface area contributed by atoms with Crippen LogP contribution in [0.4, 0.5) is 0 Å². The molecule has 1 fully saturated rings. The fraction of sp³-hybridized carbons (Fsp3) is 0.714. The van der Waals surface area contributed by atoms with E-state index < -0.39 is 0 Å². The first-order chi connectivity index (χ1) is 12.7. The van der Waals surface area contributed by atoms with Crippen LogP contribution < -0.4 is 25.8 Å². The fourth-order valence-electron chi connectivity index (χ4n) is 3.50. The molecule has 0 radical (unpaired) electrons. The molecule has 0 saturated heterocycles. The molecular formula is C21H37N3O2. The third-order valence-electron chi connectivity index (χ3n) is 4.92. The molecule has 2 rings (SSSR count). The lowest BCUT2D eigenvalue weighted by molar-refractivity contribution is 0.314. The summed E-state index contributed by atoms with van der Waals surface area (Å²) in [7, 11) is 0. The van der Waals surface area contributed by atoms with Gasteiger partial charge >= 0.3 is 0 Å². The molecule has 0 spiro atoms. The summed E-state index contributed by atoms with van der Waals surface area (Å²) in [5.74, 6) is 2.58. The Morgan fingerprint density at radius 2 is 1.54 bits per heavy atom. The molecule has 0 bridgehead atoms. The van der Waals surface area contributed by atoms with Crippen molar-refractivity contribution in [1.82, 2.24) is 10.6 Å². The molecule has 1 aliphatic rings. The van der Waals surface area contributed by atoms with E-state index in [1.165, 1.54) is 31.2 Å². The molecule has 0 aromatic heterocycles. The van der Waals surface area contributed by atoms with Crippen LogP contribution in [0.1, 0.15) is 51.5 Å². The average Bonchev–Trinajstić information content (AvgIpc) is 2.63. The largest absolute Gasteiger partial charge is 0.494 e. The maximum atomic E-state index is 5.96. The van der Waals surface area contributed by atoms with Crippen LogP contribution in [-0.2, 0) is 6.54 Å². The molecule has 5 nitrogen and oxygen atoms in total. The molecule has 1 aromatic rings. The van der Waals surface area contributed by atoms with E-state index in [0.717, 1.165) is 50.0 Å². The number of nitrogens with one attached hydrogen (secondary N) is 2. The van der Waals surface area contributed by atoms with Gasteiger partial charge in [0.1, 0.15) is 11.5 Å². The van der Waals surface area contributed by atoms with E-state index >= 15 is 0 Å². The highest BCUT2D eigenvalue weighted by Crippen LogP contribution is 2.23. The molecule has 4 N–H and O–H groups in total. The topological polar surface area (TPSA) is 68.5 Å². The van der Waals surface area contributed by atoms with Gasteiger partial charge in [-0.3, -0.25) is 0 Å².